The van der Waals surface area contributed by atoms with E-state index in [2.05, 4.69) is 15.0 Å². The predicted molar refractivity (Wildman–Crippen MR) is 143 cm³/mol. The highest BCUT2D eigenvalue weighted by molar-refractivity contribution is 8.15. The van der Waals surface area contributed by atoms with Crippen LogP contribution in [0.3, 0.4) is 0 Å². The first-order valence-electron chi connectivity index (χ1n) is 11.4. The van der Waals surface area contributed by atoms with Crippen molar-refractivity contribution in [2.24, 2.45) is 4.99 Å². The number of ether oxygens (including phenoxy) is 1. The Morgan fingerprint density at radius 3 is 2.41 bits per heavy atom. The highest BCUT2D eigenvalue weighted by Gasteiger charge is 2.35. The van der Waals surface area contributed by atoms with Crippen molar-refractivity contribution >= 4 is 57.7 Å². The average molecular weight is 540 g/mol. The van der Waals surface area contributed by atoms with E-state index in [1.54, 1.807) is 41.3 Å². The van der Waals surface area contributed by atoms with Crippen molar-refractivity contribution < 1.29 is 23.5 Å². The van der Waals surface area contributed by atoms with E-state index in [-0.39, 0.29) is 18.2 Å². The SMILES string of the molecule is COC(=O)c1ccc(NC(=O)C2CC(=O)N(CCc3ccc(Cl)cc3)C(=Nc3ccc(F)cc3)S2)cc1. The maximum Gasteiger partial charge on any atom is 0.337 e. The molecule has 1 fully saturated rings. The van der Waals surface area contributed by atoms with Gasteiger partial charge < -0.3 is 10.1 Å². The molecule has 190 valence electrons. The van der Waals surface area contributed by atoms with Crippen LogP contribution in [0.5, 0.6) is 0 Å². The minimum atomic E-state index is -0.723. The fourth-order valence-electron chi connectivity index (χ4n) is 3.61. The first-order chi connectivity index (χ1) is 17.8. The summed E-state index contributed by atoms with van der Waals surface area (Å²) in [5.74, 6) is -1.49. The first-order valence-corrected chi connectivity index (χ1v) is 12.6. The molecule has 1 heterocycles. The molecule has 0 aromatic heterocycles. The molecule has 4 rings (SSSR count). The van der Waals surface area contributed by atoms with Crippen molar-refractivity contribution in [1.82, 2.24) is 4.90 Å². The number of rotatable bonds is 7. The molecule has 1 saturated heterocycles. The van der Waals surface area contributed by atoms with Gasteiger partial charge in [-0.2, -0.15) is 0 Å². The molecule has 0 radical (unpaired) electrons. The molecule has 2 amide bonds. The molecule has 1 atom stereocenters. The maximum atomic E-state index is 13.4. The molecule has 7 nitrogen and oxygen atoms in total. The van der Waals surface area contributed by atoms with E-state index in [4.69, 9.17) is 11.6 Å². The van der Waals surface area contributed by atoms with Crippen molar-refractivity contribution in [3.63, 3.8) is 0 Å². The molecule has 0 spiro atoms. The first kappa shape index (κ1) is 26.4. The third-order valence-electron chi connectivity index (χ3n) is 5.59. The van der Waals surface area contributed by atoms with Gasteiger partial charge in [0.15, 0.2) is 5.17 Å². The van der Waals surface area contributed by atoms with Crippen LogP contribution in [-0.2, 0) is 20.7 Å². The number of carbonyl (C=O) groups excluding carboxylic acids is 3. The Labute approximate surface area is 222 Å². The van der Waals surface area contributed by atoms with Crippen molar-refractivity contribution in [2.75, 3.05) is 19.0 Å². The molecular weight excluding hydrogens is 517 g/mol. The summed E-state index contributed by atoms with van der Waals surface area (Å²) in [7, 11) is 1.29. The van der Waals surface area contributed by atoms with Crippen LogP contribution in [0.1, 0.15) is 22.3 Å². The molecule has 3 aromatic carbocycles. The zero-order valence-electron chi connectivity index (χ0n) is 19.8. The monoisotopic (exact) mass is 539 g/mol. The van der Waals surface area contributed by atoms with Gasteiger partial charge in [-0.15, -0.1) is 0 Å². The summed E-state index contributed by atoms with van der Waals surface area (Å²) >= 11 is 7.14. The lowest BCUT2D eigenvalue weighted by molar-refractivity contribution is -0.129. The van der Waals surface area contributed by atoms with Crippen LogP contribution >= 0.6 is 23.4 Å². The molecule has 37 heavy (non-hydrogen) atoms. The number of esters is 1. The Bertz CT molecular complexity index is 1310. The summed E-state index contributed by atoms with van der Waals surface area (Å²) < 4.78 is 18.1. The standard InChI is InChI=1S/C27H23ClFN3O4S/c1-36-26(35)18-4-10-21(11-5-18)30-25(34)23-16-24(33)32(15-14-17-2-6-19(28)7-3-17)27(37-23)31-22-12-8-20(29)9-13-22/h2-13,23H,14-16H2,1H3,(H,30,34). The molecule has 1 unspecified atom stereocenters. The molecule has 0 aliphatic carbocycles. The van der Waals surface area contributed by atoms with E-state index in [1.807, 2.05) is 12.1 Å². The second-order valence-electron chi connectivity index (χ2n) is 8.16. The largest absolute Gasteiger partial charge is 0.465 e. The number of carbonyl (C=O) groups is 3. The fourth-order valence-corrected chi connectivity index (χ4v) is 4.86. The van der Waals surface area contributed by atoms with Crippen LogP contribution in [0.25, 0.3) is 0 Å². The lowest BCUT2D eigenvalue weighted by Gasteiger charge is -2.32. The minimum absolute atomic E-state index is 0.0141. The number of hydrogen-bond acceptors (Lipinski definition) is 6. The molecular formula is C27H23ClFN3O4S. The summed E-state index contributed by atoms with van der Waals surface area (Å²) in [5.41, 5.74) is 2.30. The highest BCUT2D eigenvalue weighted by atomic mass is 35.5. The summed E-state index contributed by atoms with van der Waals surface area (Å²) in [6.45, 7) is 0.358. The molecule has 10 heteroatoms. The van der Waals surface area contributed by atoms with Gasteiger partial charge in [0, 0.05) is 23.7 Å². The molecule has 1 N–H and O–H groups in total. The van der Waals surface area contributed by atoms with E-state index < -0.39 is 17.0 Å². The third kappa shape index (κ3) is 6.96. The molecule has 0 bridgehead atoms. The summed E-state index contributed by atoms with van der Waals surface area (Å²) in [4.78, 5) is 43.9. The van der Waals surface area contributed by atoms with Gasteiger partial charge in [-0.1, -0.05) is 35.5 Å². The Morgan fingerprint density at radius 2 is 1.76 bits per heavy atom. The number of thioether (sulfide) groups is 1. The molecule has 1 aliphatic heterocycles. The molecule has 1 aliphatic rings. The van der Waals surface area contributed by atoms with Gasteiger partial charge in [0.2, 0.25) is 11.8 Å². The zero-order valence-corrected chi connectivity index (χ0v) is 21.4. The quantitative estimate of drug-likeness (QED) is 0.402. The van der Waals surface area contributed by atoms with Crippen LogP contribution in [0.4, 0.5) is 15.8 Å². The second kappa shape index (κ2) is 12.0. The van der Waals surface area contributed by atoms with Crippen molar-refractivity contribution in [2.45, 2.75) is 18.1 Å². The summed E-state index contributed by atoms with van der Waals surface area (Å²) in [6.07, 6.45) is 0.551. The zero-order chi connectivity index (χ0) is 26.4. The smallest absolute Gasteiger partial charge is 0.337 e. The summed E-state index contributed by atoms with van der Waals surface area (Å²) in [6, 6.07) is 19.2. The number of amidine groups is 1. The van der Waals surface area contributed by atoms with Gasteiger partial charge in [0.05, 0.1) is 18.4 Å². The number of halogens is 2. The number of nitrogens with one attached hydrogen (secondary N) is 1. The number of amides is 2. The van der Waals surface area contributed by atoms with Gasteiger partial charge in [0.25, 0.3) is 0 Å². The van der Waals surface area contributed by atoms with Crippen LogP contribution in [0, 0.1) is 5.82 Å². The Morgan fingerprint density at radius 1 is 1.08 bits per heavy atom. The lowest BCUT2D eigenvalue weighted by Crippen LogP contribution is -2.46. The Hall–Kier alpha value is -3.69. The number of methoxy groups -OCH3 is 1. The van der Waals surface area contributed by atoms with E-state index in [0.717, 1.165) is 5.56 Å². The van der Waals surface area contributed by atoms with Crippen molar-refractivity contribution in [3.05, 3.63) is 94.8 Å². The van der Waals surface area contributed by atoms with Crippen LogP contribution in [0.2, 0.25) is 5.02 Å². The Kier molecular flexibility index (Phi) is 8.58. The predicted octanol–water partition coefficient (Wildman–Crippen LogP) is 5.47. The van der Waals surface area contributed by atoms with Gasteiger partial charge in [-0.3, -0.25) is 14.5 Å². The van der Waals surface area contributed by atoms with Crippen LogP contribution < -0.4 is 5.32 Å². The summed E-state index contributed by atoms with van der Waals surface area (Å²) in [5, 5.41) is 3.05. The maximum absolute atomic E-state index is 13.4. The van der Waals surface area contributed by atoms with Gasteiger partial charge in [-0.25, -0.2) is 14.2 Å². The number of nitrogens with zero attached hydrogens (tertiary/aromatic N) is 2. The van der Waals surface area contributed by atoms with E-state index in [1.165, 1.54) is 43.1 Å². The van der Waals surface area contributed by atoms with Gasteiger partial charge in [-0.05, 0) is 72.6 Å². The highest BCUT2D eigenvalue weighted by Crippen LogP contribution is 2.30. The molecule has 3 aromatic rings. The van der Waals surface area contributed by atoms with Gasteiger partial charge in [0.1, 0.15) is 11.1 Å². The van der Waals surface area contributed by atoms with Crippen molar-refractivity contribution in [1.29, 1.82) is 0 Å². The molecule has 0 saturated carbocycles. The van der Waals surface area contributed by atoms with E-state index >= 15 is 0 Å². The van der Waals surface area contributed by atoms with Crippen molar-refractivity contribution in [3.8, 4) is 0 Å². The van der Waals surface area contributed by atoms with Crippen LogP contribution in [0.15, 0.2) is 77.8 Å². The fraction of sp³-hybridized carbons (Fsp3) is 0.185. The van der Waals surface area contributed by atoms with E-state index in [0.29, 0.717) is 40.1 Å². The normalized spacial score (nSPS) is 16.5. The van der Waals surface area contributed by atoms with Gasteiger partial charge >= 0.3 is 5.97 Å². The second-order valence-corrected chi connectivity index (χ2v) is 9.77. The number of aliphatic imine (C=N–C) groups is 1. The number of anilines is 1. The minimum Gasteiger partial charge on any atom is -0.465 e. The number of benzene rings is 3. The topological polar surface area (TPSA) is 88.1 Å². The van der Waals surface area contributed by atoms with Crippen LogP contribution in [-0.4, -0.2) is 46.8 Å². The number of hydrogen-bond donors (Lipinski definition) is 1. The third-order valence-corrected chi connectivity index (χ3v) is 7.03. The lowest BCUT2D eigenvalue weighted by atomic mass is 10.1. The Balaban J connectivity index is 1.51. The average Bonchev–Trinajstić information content (AvgIpc) is 2.90. The van der Waals surface area contributed by atoms with E-state index in [9.17, 15) is 18.8 Å².